The molecule has 0 amide bonds. The highest BCUT2D eigenvalue weighted by Gasteiger charge is 2.10. The highest BCUT2D eigenvalue weighted by atomic mass is 32.2. The molecule has 0 N–H and O–H groups in total. The molecule has 2 aromatic rings. The van der Waals surface area contributed by atoms with Crippen LogP contribution in [-0.4, -0.2) is 14.2 Å². The fourth-order valence-electron chi connectivity index (χ4n) is 1.97. The van der Waals surface area contributed by atoms with Crippen molar-refractivity contribution in [2.24, 2.45) is 0 Å². The molecule has 0 unspecified atom stereocenters. The first kappa shape index (κ1) is 12.1. The molecule has 2 rings (SSSR count). The van der Waals surface area contributed by atoms with Gasteiger partial charge < -0.3 is 0 Å². The molecule has 0 saturated carbocycles. The fraction of sp³-hybridized carbons (Fsp3) is 0.286. The zero-order chi connectivity index (χ0) is 12.3. The van der Waals surface area contributed by atoms with Crippen LogP contribution in [0.15, 0.2) is 42.5 Å². The van der Waals surface area contributed by atoms with Crippen molar-refractivity contribution in [1.29, 1.82) is 0 Å². The lowest BCUT2D eigenvalue weighted by Crippen LogP contribution is -2.08. The van der Waals surface area contributed by atoms with E-state index in [0.29, 0.717) is 6.42 Å². The van der Waals surface area contributed by atoms with Gasteiger partial charge in [0, 0.05) is 0 Å². The quantitative estimate of drug-likeness (QED) is 0.833. The summed E-state index contributed by atoms with van der Waals surface area (Å²) >= 11 is 0. The molecule has 0 saturated heterocycles. The minimum Gasteiger partial charge on any atom is -0.228 e. The van der Waals surface area contributed by atoms with Gasteiger partial charge >= 0.3 is 0 Å². The summed E-state index contributed by atoms with van der Waals surface area (Å²) in [5.41, 5.74) is 0.872. The summed E-state index contributed by atoms with van der Waals surface area (Å²) in [5.74, 6) is 0.408. The lowest BCUT2D eigenvalue weighted by molar-refractivity contribution is 0.594. The molecule has 0 aliphatic rings. The van der Waals surface area contributed by atoms with Crippen molar-refractivity contribution < 1.29 is 8.42 Å². The molecule has 0 radical (unpaired) electrons. The van der Waals surface area contributed by atoms with E-state index in [1.807, 2.05) is 49.4 Å². The monoisotopic (exact) mass is 248 g/mol. The highest BCUT2D eigenvalue weighted by molar-refractivity contribution is 7.90. The number of sulfone groups is 1. The minimum atomic E-state index is -2.95. The van der Waals surface area contributed by atoms with E-state index in [4.69, 9.17) is 0 Å². The fourth-order valence-corrected chi connectivity index (χ4v) is 3.42. The average molecular weight is 248 g/mol. The summed E-state index contributed by atoms with van der Waals surface area (Å²) < 4.78 is 23.5. The first-order valence-electron chi connectivity index (χ1n) is 5.79. The zero-order valence-corrected chi connectivity index (χ0v) is 10.7. The Hall–Kier alpha value is -1.35. The van der Waals surface area contributed by atoms with Crippen LogP contribution in [0.25, 0.3) is 10.8 Å². The van der Waals surface area contributed by atoms with Crippen molar-refractivity contribution in [3.63, 3.8) is 0 Å². The van der Waals surface area contributed by atoms with Crippen LogP contribution in [0.2, 0.25) is 0 Å². The van der Waals surface area contributed by atoms with Crippen LogP contribution in [0.3, 0.4) is 0 Å². The van der Waals surface area contributed by atoms with Gasteiger partial charge in [0.25, 0.3) is 0 Å². The average Bonchev–Trinajstić information content (AvgIpc) is 2.28. The van der Waals surface area contributed by atoms with E-state index in [-0.39, 0.29) is 11.5 Å². The van der Waals surface area contributed by atoms with Crippen LogP contribution < -0.4 is 0 Å². The number of fused-ring (bicyclic) bond motifs is 1. The number of rotatable bonds is 4. The van der Waals surface area contributed by atoms with E-state index in [2.05, 4.69) is 0 Å². The largest absolute Gasteiger partial charge is 0.228 e. The maximum Gasteiger partial charge on any atom is 0.154 e. The summed E-state index contributed by atoms with van der Waals surface area (Å²) in [7, 11) is -2.95. The van der Waals surface area contributed by atoms with Gasteiger partial charge in [-0.05, 0) is 22.8 Å². The summed E-state index contributed by atoms with van der Waals surface area (Å²) in [5, 5.41) is 2.24. The van der Waals surface area contributed by atoms with Gasteiger partial charge in [0.1, 0.15) is 0 Å². The molecule has 0 aliphatic carbocycles. The van der Waals surface area contributed by atoms with E-state index in [1.54, 1.807) is 0 Å². The molecule has 90 valence electrons. The van der Waals surface area contributed by atoms with Crippen molar-refractivity contribution in [3.8, 4) is 0 Å². The maximum absolute atomic E-state index is 11.7. The molecule has 17 heavy (non-hydrogen) atoms. The van der Waals surface area contributed by atoms with Crippen molar-refractivity contribution in [2.45, 2.75) is 19.1 Å². The van der Waals surface area contributed by atoms with Gasteiger partial charge in [-0.25, -0.2) is 8.42 Å². The van der Waals surface area contributed by atoms with E-state index in [1.165, 1.54) is 0 Å². The third kappa shape index (κ3) is 3.07. The summed E-state index contributed by atoms with van der Waals surface area (Å²) in [6.07, 6.45) is 0.677. The molecule has 2 nitrogen and oxygen atoms in total. The van der Waals surface area contributed by atoms with Gasteiger partial charge in [0.15, 0.2) is 9.84 Å². The Morgan fingerprint density at radius 1 is 1.00 bits per heavy atom. The third-order valence-corrected chi connectivity index (χ3v) is 4.52. The standard InChI is InChI=1S/C14H16O2S/c1-2-9-17(15,16)11-12-7-8-13-5-3-4-6-14(13)10-12/h3-8,10H,2,9,11H2,1H3. The zero-order valence-electron chi connectivity index (χ0n) is 9.89. The first-order valence-corrected chi connectivity index (χ1v) is 7.61. The van der Waals surface area contributed by atoms with Crippen LogP contribution in [0.1, 0.15) is 18.9 Å². The normalized spacial score (nSPS) is 11.8. The Morgan fingerprint density at radius 2 is 1.71 bits per heavy atom. The Kier molecular flexibility index (Phi) is 3.48. The first-order chi connectivity index (χ1) is 8.11. The topological polar surface area (TPSA) is 34.1 Å². The molecule has 0 heterocycles. The Morgan fingerprint density at radius 3 is 2.41 bits per heavy atom. The smallest absolute Gasteiger partial charge is 0.154 e. The SMILES string of the molecule is CCCS(=O)(=O)Cc1ccc2ccccc2c1. The van der Waals surface area contributed by atoms with Crippen molar-refractivity contribution in [3.05, 3.63) is 48.0 Å². The third-order valence-electron chi connectivity index (χ3n) is 2.72. The molecular weight excluding hydrogens is 232 g/mol. The predicted octanol–water partition coefficient (Wildman–Crippen LogP) is 3.16. The Labute approximate surface area is 102 Å². The van der Waals surface area contributed by atoms with Gasteiger partial charge in [-0.1, -0.05) is 49.4 Å². The summed E-state index contributed by atoms with van der Waals surface area (Å²) in [6.45, 7) is 1.89. The number of hydrogen-bond donors (Lipinski definition) is 0. The highest BCUT2D eigenvalue weighted by Crippen LogP contribution is 2.17. The van der Waals surface area contributed by atoms with Crippen LogP contribution >= 0.6 is 0 Å². The second-order valence-corrected chi connectivity index (χ2v) is 6.46. The molecule has 3 heteroatoms. The number of hydrogen-bond acceptors (Lipinski definition) is 2. The van der Waals surface area contributed by atoms with Crippen molar-refractivity contribution in [2.75, 3.05) is 5.75 Å². The Balaban J connectivity index is 2.31. The summed E-state index contributed by atoms with van der Waals surface area (Å²) in [4.78, 5) is 0. The van der Waals surface area contributed by atoms with Crippen LogP contribution in [0.5, 0.6) is 0 Å². The van der Waals surface area contributed by atoms with Gasteiger partial charge in [-0.3, -0.25) is 0 Å². The molecular formula is C14H16O2S. The molecule has 0 bridgehead atoms. The van der Waals surface area contributed by atoms with E-state index in [9.17, 15) is 8.42 Å². The molecule has 2 aromatic carbocycles. The molecule has 0 spiro atoms. The van der Waals surface area contributed by atoms with E-state index in [0.717, 1.165) is 16.3 Å². The van der Waals surface area contributed by atoms with Gasteiger partial charge in [0.05, 0.1) is 11.5 Å². The van der Waals surface area contributed by atoms with Gasteiger partial charge in [-0.2, -0.15) is 0 Å². The second-order valence-electron chi connectivity index (χ2n) is 4.27. The molecule has 0 fully saturated rings. The van der Waals surface area contributed by atoms with E-state index >= 15 is 0 Å². The van der Waals surface area contributed by atoms with Crippen LogP contribution in [0, 0.1) is 0 Å². The van der Waals surface area contributed by atoms with E-state index < -0.39 is 9.84 Å². The molecule has 0 aromatic heterocycles. The van der Waals surface area contributed by atoms with Crippen molar-refractivity contribution >= 4 is 20.6 Å². The molecule has 0 atom stereocenters. The molecule has 0 aliphatic heterocycles. The second kappa shape index (κ2) is 4.88. The van der Waals surface area contributed by atoms with Crippen molar-refractivity contribution in [1.82, 2.24) is 0 Å². The lowest BCUT2D eigenvalue weighted by atomic mass is 10.1. The Bertz CT molecular complexity index is 615. The maximum atomic E-state index is 11.7. The van der Waals surface area contributed by atoms with Gasteiger partial charge in [-0.15, -0.1) is 0 Å². The predicted molar refractivity (Wildman–Crippen MR) is 71.7 cm³/mol. The lowest BCUT2D eigenvalue weighted by Gasteiger charge is -2.04. The van der Waals surface area contributed by atoms with Crippen LogP contribution in [0.4, 0.5) is 0 Å². The van der Waals surface area contributed by atoms with Crippen LogP contribution in [-0.2, 0) is 15.6 Å². The minimum absolute atomic E-state index is 0.145. The number of benzene rings is 2. The summed E-state index contributed by atoms with van der Waals surface area (Å²) in [6, 6.07) is 13.8. The van der Waals surface area contributed by atoms with Gasteiger partial charge in [0.2, 0.25) is 0 Å².